The molecule has 2 aromatic carbocycles. The average Bonchev–Trinajstić information content (AvgIpc) is 2.79. The van der Waals surface area contributed by atoms with Gasteiger partial charge in [-0.25, -0.2) is 9.78 Å². The van der Waals surface area contributed by atoms with Crippen molar-refractivity contribution in [3.63, 3.8) is 0 Å². The van der Waals surface area contributed by atoms with Crippen molar-refractivity contribution >= 4 is 11.7 Å². The molecule has 1 aromatic heterocycles. The highest BCUT2D eigenvalue weighted by Gasteiger charge is 2.30. The summed E-state index contributed by atoms with van der Waals surface area (Å²) in [7, 11) is 0. The number of nitrogens with zero attached hydrogens (tertiary/aromatic N) is 2. The van der Waals surface area contributed by atoms with Gasteiger partial charge in [0, 0.05) is 25.1 Å². The van der Waals surface area contributed by atoms with Crippen LogP contribution in [-0.2, 0) is 25.6 Å². The highest BCUT2D eigenvalue weighted by Crippen LogP contribution is 2.30. The molecule has 2 amide bonds. The van der Waals surface area contributed by atoms with E-state index in [1.54, 1.807) is 11.0 Å². The van der Waals surface area contributed by atoms with Gasteiger partial charge in [-0.05, 0) is 35.2 Å². The predicted molar refractivity (Wildman–Crippen MR) is 123 cm³/mol. The Morgan fingerprint density at radius 1 is 1.18 bits per heavy atom. The molecule has 34 heavy (non-hydrogen) atoms. The highest BCUT2D eigenvalue weighted by molar-refractivity contribution is 5.89. The van der Waals surface area contributed by atoms with Crippen LogP contribution in [-0.4, -0.2) is 27.4 Å². The first-order chi connectivity index (χ1) is 16.1. The number of aromatic amines is 1. The van der Waals surface area contributed by atoms with Gasteiger partial charge in [0.2, 0.25) is 0 Å². The van der Waals surface area contributed by atoms with Gasteiger partial charge in [0.05, 0.1) is 23.4 Å². The smallest absolute Gasteiger partial charge is 0.320 e. The molecule has 0 spiro atoms. The van der Waals surface area contributed by atoms with Gasteiger partial charge in [-0.3, -0.25) is 4.79 Å². The summed E-state index contributed by atoms with van der Waals surface area (Å²) >= 11 is 0. The number of benzene rings is 2. The molecule has 4 rings (SSSR count). The minimum Gasteiger partial charge on any atom is -0.320 e. The zero-order valence-corrected chi connectivity index (χ0v) is 18.9. The van der Waals surface area contributed by atoms with E-state index in [2.05, 4.69) is 29.1 Å². The fraction of sp³-hybridized carbons (Fsp3) is 0.320. The van der Waals surface area contributed by atoms with Gasteiger partial charge in [0.15, 0.2) is 0 Å². The molecule has 0 saturated heterocycles. The average molecular weight is 470 g/mol. The second-order valence-corrected chi connectivity index (χ2v) is 8.69. The Morgan fingerprint density at radius 3 is 2.59 bits per heavy atom. The molecule has 0 unspecified atom stereocenters. The van der Waals surface area contributed by atoms with Crippen LogP contribution >= 0.6 is 0 Å². The molecule has 0 fully saturated rings. The lowest BCUT2D eigenvalue weighted by atomic mass is 10.0. The number of hydrogen-bond acceptors (Lipinski definition) is 3. The number of carbonyl (C=O) groups excluding carboxylic acids is 1. The number of urea groups is 1. The number of amides is 2. The van der Waals surface area contributed by atoms with Crippen LogP contribution in [0.2, 0.25) is 0 Å². The Kier molecular flexibility index (Phi) is 6.45. The summed E-state index contributed by atoms with van der Waals surface area (Å²) in [6.07, 6.45) is -3.98. The van der Waals surface area contributed by atoms with Crippen molar-refractivity contribution in [2.24, 2.45) is 0 Å². The minimum atomic E-state index is -4.44. The summed E-state index contributed by atoms with van der Waals surface area (Å²) in [6.45, 7) is 4.67. The highest BCUT2D eigenvalue weighted by atomic mass is 19.4. The lowest BCUT2D eigenvalue weighted by Gasteiger charge is -2.28. The minimum absolute atomic E-state index is 0.0724. The summed E-state index contributed by atoms with van der Waals surface area (Å²) < 4.78 is 38.9. The van der Waals surface area contributed by atoms with Crippen LogP contribution in [0.5, 0.6) is 0 Å². The molecule has 0 radical (unpaired) electrons. The van der Waals surface area contributed by atoms with Crippen LogP contribution in [0.15, 0.2) is 53.3 Å². The number of alkyl halides is 3. The summed E-state index contributed by atoms with van der Waals surface area (Å²) in [5.41, 5.74) is 2.07. The van der Waals surface area contributed by atoms with E-state index >= 15 is 0 Å². The molecule has 0 bridgehead atoms. The van der Waals surface area contributed by atoms with Crippen LogP contribution < -0.4 is 10.9 Å². The number of nitrogens with one attached hydrogen (secondary N) is 2. The third-order valence-corrected chi connectivity index (χ3v) is 5.86. The topological polar surface area (TPSA) is 78.1 Å². The van der Waals surface area contributed by atoms with Gasteiger partial charge in [-0.2, -0.15) is 13.2 Å². The maximum atomic E-state index is 13.0. The third-order valence-electron chi connectivity index (χ3n) is 5.86. The number of carbonyl (C=O) groups is 1. The van der Waals surface area contributed by atoms with Crippen LogP contribution in [0.1, 0.15) is 53.5 Å². The summed E-state index contributed by atoms with van der Waals surface area (Å²) in [5.74, 6) is 0.687. The van der Waals surface area contributed by atoms with E-state index in [1.165, 1.54) is 11.6 Å². The zero-order chi connectivity index (χ0) is 24.5. The number of fused-ring (bicyclic) bond motifs is 1. The van der Waals surface area contributed by atoms with Gasteiger partial charge >= 0.3 is 12.2 Å². The first-order valence-electron chi connectivity index (χ1n) is 11.0. The van der Waals surface area contributed by atoms with Crippen LogP contribution in [0.4, 0.5) is 23.7 Å². The molecule has 1 aliphatic rings. The molecule has 3 aromatic rings. The number of rotatable bonds is 4. The number of H-pyrrole nitrogens is 1. The van der Waals surface area contributed by atoms with E-state index in [0.29, 0.717) is 47.2 Å². The second-order valence-electron chi connectivity index (χ2n) is 8.69. The van der Waals surface area contributed by atoms with E-state index in [4.69, 9.17) is 0 Å². The first kappa shape index (κ1) is 23.5. The van der Waals surface area contributed by atoms with Crippen molar-refractivity contribution in [3.8, 4) is 0 Å². The fourth-order valence-electron chi connectivity index (χ4n) is 3.94. The molecule has 2 heterocycles. The molecular formula is C25H25F3N4O2. The van der Waals surface area contributed by atoms with Gasteiger partial charge in [0.25, 0.3) is 5.56 Å². The number of aromatic nitrogens is 2. The van der Waals surface area contributed by atoms with Crippen molar-refractivity contribution in [1.29, 1.82) is 0 Å². The standard InChI is InChI=1S/C25H25F3N4O2/c1-15(2)17-6-8-19(9-7-17)29-24(34)32-11-10-21-20(14-32)23(33)31-22(30-21)13-16-4-3-5-18(12-16)25(26,27)28/h3-9,12,15H,10-11,13-14H2,1-2H3,(H,29,34)(H,30,31,33). The van der Waals surface area contributed by atoms with Crippen LogP contribution in [0.3, 0.4) is 0 Å². The Balaban J connectivity index is 1.46. The number of hydrogen-bond donors (Lipinski definition) is 2. The predicted octanol–water partition coefficient (Wildman–Crippen LogP) is 5.09. The van der Waals surface area contributed by atoms with Crippen molar-refractivity contribution in [2.75, 3.05) is 11.9 Å². The zero-order valence-electron chi connectivity index (χ0n) is 18.9. The number of halogens is 3. The molecule has 0 saturated carbocycles. The fourth-order valence-corrected chi connectivity index (χ4v) is 3.94. The van der Waals surface area contributed by atoms with Gasteiger partial charge in [-0.15, -0.1) is 0 Å². The monoisotopic (exact) mass is 470 g/mol. The normalized spacial score (nSPS) is 13.6. The van der Waals surface area contributed by atoms with Crippen molar-refractivity contribution in [2.45, 2.75) is 45.3 Å². The summed E-state index contributed by atoms with van der Waals surface area (Å²) in [4.78, 5) is 34.1. The Labute approximate surface area is 194 Å². The molecule has 2 N–H and O–H groups in total. The Morgan fingerprint density at radius 2 is 1.91 bits per heavy atom. The molecule has 1 aliphatic heterocycles. The van der Waals surface area contributed by atoms with E-state index in [0.717, 1.165) is 12.1 Å². The van der Waals surface area contributed by atoms with E-state index in [9.17, 15) is 22.8 Å². The molecular weight excluding hydrogens is 445 g/mol. The van der Waals surface area contributed by atoms with Gasteiger partial charge < -0.3 is 15.2 Å². The SMILES string of the molecule is CC(C)c1ccc(NC(=O)N2CCc3nc(Cc4cccc(C(F)(F)F)c4)[nH]c(=O)c3C2)cc1. The van der Waals surface area contributed by atoms with Crippen molar-refractivity contribution in [1.82, 2.24) is 14.9 Å². The maximum absolute atomic E-state index is 13.0. The Bertz CT molecular complexity index is 1250. The summed E-state index contributed by atoms with van der Waals surface area (Å²) in [6, 6.07) is 12.3. The van der Waals surface area contributed by atoms with Crippen LogP contribution in [0, 0.1) is 0 Å². The van der Waals surface area contributed by atoms with E-state index in [1.807, 2.05) is 24.3 Å². The van der Waals surface area contributed by atoms with Crippen LogP contribution in [0.25, 0.3) is 0 Å². The van der Waals surface area contributed by atoms with Gasteiger partial charge in [0.1, 0.15) is 5.82 Å². The molecule has 178 valence electrons. The third kappa shape index (κ3) is 5.30. The Hall–Kier alpha value is -3.62. The molecule has 6 nitrogen and oxygen atoms in total. The van der Waals surface area contributed by atoms with Crippen molar-refractivity contribution < 1.29 is 18.0 Å². The maximum Gasteiger partial charge on any atom is 0.416 e. The quantitative estimate of drug-likeness (QED) is 0.557. The van der Waals surface area contributed by atoms with E-state index < -0.39 is 11.7 Å². The van der Waals surface area contributed by atoms with E-state index in [-0.39, 0.29) is 24.6 Å². The first-order valence-corrected chi connectivity index (χ1v) is 11.0. The summed E-state index contributed by atoms with van der Waals surface area (Å²) in [5, 5.41) is 2.85. The largest absolute Gasteiger partial charge is 0.416 e. The van der Waals surface area contributed by atoms with Crippen molar-refractivity contribution in [3.05, 3.63) is 92.7 Å². The molecule has 0 aliphatic carbocycles. The number of anilines is 1. The molecule has 0 atom stereocenters. The lowest BCUT2D eigenvalue weighted by Crippen LogP contribution is -2.42. The lowest BCUT2D eigenvalue weighted by molar-refractivity contribution is -0.137. The van der Waals surface area contributed by atoms with Gasteiger partial charge in [-0.1, -0.05) is 44.2 Å². The molecule has 9 heteroatoms. The second kappa shape index (κ2) is 9.32.